The second-order valence-corrected chi connectivity index (χ2v) is 13.2. The van der Waals surface area contributed by atoms with E-state index in [1.54, 1.807) is 0 Å². The number of rotatable bonds is 4. The summed E-state index contributed by atoms with van der Waals surface area (Å²) in [6.07, 6.45) is 0. The molecule has 47 heavy (non-hydrogen) atoms. The molecule has 10 rings (SSSR count). The summed E-state index contributed by atoms with van der Waals surface area (Å²) in [6, 6.07) is 59.1. The standard InChI is InChI=1S/C44H27NOS/c1-2-11-30(12-3-1)45(39-17-7-4-13-32(39)34-16-10-20-43-44(34)35-15-6-9-19-42(35)47-43)31-24-23-28-21-22-29-25-41-38(27-37(29)36(28)26-31)33-14-5-8-18-40(33)46-41/h1-27H. The lowest BCUT2D eigenvalue weighted by Crippen LogP contribution is -2.11. The number of anilines is 3. The summed E-state index contributed by atoms with van der Waals surface area (Å²) < 4.78 is 8.87. The van der Waals surface area contributed by atoms with Crippen molar-refractivity contribution in [3.63, 3.8) is 0 Å². The number of nitrogens with zero attached hydrogens (tertiary/aromatic N) is 1. The fraction of sp³-hybridized carbons (Fsp3) is 0. The van der Waals surface area contributed by atoms with Crippen LogP contribution in [0.25, 0.3) is 74.8 Å². The van der Waals surface area contributed by atoms with Crippen LogP contribution in [-0.4, -0.2) is 0 Å². The molecule has 0 fully saturated rings. The summed E-state index contributed by atoms with van der Waals surface area (Å²) >= 11 is 1.86. The minimum atomic E-state index is 0.920. The van der Waals surface area contributed by atoms with Crippen LogP contribution in [0.2, 0.25) is 0 Å². The van der Waals surface area contributed by atoms with E-state index >= 15 is 0 Å². The second-order valence-electron chi connectivity index (χ2n) is 12.1. The summed E-state index contributed by atoms with van der Waals surface area (Å²) in [5.41, 5.74) is 7.66. The van der Waals surface area contributed by atoms with Gasteiger partial charge >= 0.3 is 0 Å². The predicted octanol–water partition coefficient (Wildman–Crippen LogP) is 13.4. The lowest BCUT2D eigenvalue weighted by atomic mass is 9.96. The van der Waals surface area contributed by atoms with Gasteiger partial charge in [0, 0.05) is 47.9 Å². The summed E-state index contributed by atoms with van der Waals surface area (Å²) in [7, 11) is 0. The molecule has 8 aromatic carbocycles. The van der Waals surface area contributed by atoms with Crippen LogP contribution in [0, 0.1) is 0 Å². The van der Waals surface area contributed by atoms with Crippen LogP contribution in [0.1, 0.15) is 0 Å². The highest BCUT2D eigenvalue weighted by Gasteiger charge is 2.20. The molecule has 2 aromatic heterocycles. The molecule has 0 bridgehead atoms. The Bertz CT molecular complexity index is 2810. The molecule has 220 valence electrons. The van der Waals surface area contributed by atoms with Gasteiger partial charge in [-0.05, 0) is 87.8 Å². The summed E-state index contributed by atoms with van der Waals surface area (Å²) in [5.74, 6) is 0. The summed E-state index contributed by atoms with van der Waals surface area (Å²) in [4.78, 5) is 2.41. The third-order valence-electron chi connectivity index (χ3n) is 9.43. The monoisotopic (exact) mass is 617 g/mol. The Balaban J connectivity index is 1.24. The Morgan fingerprint density at radius 3 is 2.04 bits per heavy atom. The van der Waals surface area contributed by atoms with Crippen molar-refractivity contribution < 1.29 is 4.42 Å². The second kappa shape index (κ2) is 10.3. The van der Waals surface area contributed by atoms with Crippen molar-refractivity contribution >= 4 is 92.1 Å². The van der Waals surface area contributed by atoms with Gasteiger partial charge in [0.1, 0.15) is 11.2 Å². The molecule has 0 N–H and O–H groups in total. The summed E-state index contributed by atoms with van der Waals surface area (Å²) in [6.45, 7) is 0. The van der Waals surface area contributed by atoms with Crippen LogP contribution in [0.5, 0.6) is 0 Å². The van der Waals surface area contributed by atoms with Gasteiger partial charge in [0.05, 0.1) is 5.69 Å². The van der Waals surface area contributed by atoms with Crippen LogP contribution in [0.15, 0.2) is 168 Å². The van der Waals surface area contributed by atoms with Gasteiger partial charge in [-0.1, -0.05) is 103 Å². The molecule has 2 heterocycles. The highest BCUT2D eigenvalue weighted by atomic mass is 32.1. The predicted molar refractivity (Wildman–Crippen MR) is 202 cm³/mol. The normalized spacial score (nSPS) is 11.8. The van der Waals surface area contributed by atoms with Crippen molar-refractivity contribution in [2.45, 2.75) is 0 Å². The number of furan rings is 1. The highest BCUT2D eigenvalue weighted by Crippen LogP contribution is 2.46. The van der Waals surface area contributed by atoms with Gasteiger partial charge in [0.25, 0.3) is 0 Å². The van der Waals surface area contributed by atoms with Crippen molar-refractivity contribution in [1.29, 1.82) is 0 Å². The quantitative estimate of drug-likeness (QED) is 0.183. The van der Waals surface area contributed by atoms with Gasteiger partial charge in [-0.2, -0.15) is 0 Å². The minimum absolute atomic E-state index is 0.920. The maximum atomic E-state index is 6.25. The molecule has 0 spiro atoms. The average Bonchev–Trinajstić information content (AvgIpc) is 3.69. The fourth-order valence-electron chi connectivity index (χ4n) is 7.30. The van der Waals surface area contributed by atoms with Crippen molar-refractivity contribution in [3.05, 3.63) is 164 Å². The molecule has 0 aliphatic heterocycles. The van der Waals surface area contributed by atoms with E-state index in [0.29, 0.717) is 0 Å². The SMILES string of the molecule is c1ccc(N(c2ccc3ccc4cc5oc6ccccc6c5cc4c3c2)c2ccccc2-c2cccc3sc4ccccc4c23)cc1. The first-order valence-corrected chi connectivity index (χ1v) is 16.7. The molecule has 3 heteroatoms. The van der Waals surface area contributed by atoms with E-state index in [0.717, 1.165) is 39.0 Å². The zero-order chi connectivity index (χ0) is 30.9. The zero-order valence-electron chi connectivity index (χ0n) is 25.4. The van der Waals surface area contributed by atoms with Gasteiger partial charge in [0.15, 0.2) is 0 Å². The van der Waals surface area contributed by atoms with Crippen LogP contribution in [-0.2, 0) is 0 Å². The van der Waals surface area contributed by atoms with E-state index in [9.17, 15) is 0 Å². The lowest BCUT2D eigenvalue weighted by Gasteiger charge is -2.28. The number of hydrogen-bond acceptors (Lipinski definition) is 3. The van der Waals surface area contributed by atoms with Gasteiger partial charge < -0.3 is 9.32 Å². The number of para-hydroxylation sites is 3. The van der Waals surface area contributed by atoms with Crippen LogP contribution >= 0.6 is 11.3 Å². The molecule has 0 atom stereocenters. The molecule has 0 unspecified atom stereocenters. The van der Waals surface area contributed by atoms with Crippen LogP contribution in [0.3, 0.4) is 0 Å². The third-order valence-corrected chi connectivity index (χ3v) is 10.6. The van der Waals surface area contributed by atoms with Crippen molar-refractivity contribution in [3.8, 4) is 11.1 Å². The zero-order valence-corrected chi connectivity index (χ0v) is 26.2. The fourth-order valence-corrected chi connectivity index (χ4v) is 8.43. The molecular formula is C44H27NOS. The third kappa shape index (κ3) is 4.10. The smallest absolute Gasteiger partial charge is 0.136 e. The van der Waals surface area contributed by atoms with Crippen LogP contribution < -0.4 is 4.90 Å². The topological polar surface area (TPSA) is 16.4 Å². The van der Waals surface area contributed by atoms with E-state index in [1.165, 1.54) is 52.8 Å². The molecular weight excluding hydrogens is 591 g/mol. The van der Waals surface area contributed by atoms with E-state index in [4.69, 9.17) is 4.42 Å². The lowest BCUT2D eigenvalue weighted by molar-refractivity contribution is 0.669. The summed E-state index contributed by atoms with van der Waals surface area (Å²) in [5, 5.41) is 9.73. The Labute approximate surface area is 275 Å². The Morgan fingerprint density at radius 1 is 0.404 bits per heavy atom. The van der Waals surface area contributed by atoms with Crippen molar-refractivity contribution in [2.24, 2.45) is 0 Å². The van der Waals surface area contributed by atoms with E-state index in [1.807, 2.05) is 23.5 Å². The minimum Gasteiger partial charge on any atom is -0.456 e. The molecule has 0 amide bonds. The molecule has 0 saturated heterocycles. The van der Waals surface area contributed by atoms with E-state index in [-0.39, 0.29) is 0 Å². The number of benzene rings is 8. The van der Waals surface area contributed by atoms with Crippen molar-refractivity contribution in [1.82, 2.24) is 0 Å². The Kier molecular flexibility index (Phi) is 5.78. The Morgan fingerprint density at radius 2 is 1.11 bits per heavy atom. The number of thiophene rings is 1. The maximum absolute atomic E-state index is 6.25. The van der Waals surface area contributed by atoms with Gasteiger partial charge in [-0.25, -0.2) is 0 Å². The van der Waals surface area contributed by atoms with Gasteiger partial charge in [-0.3, -0.25) is 0 Å². The van der Waals surface area contributed by atoms with Gasteiger partial charge in [-0.15, -0.1) is 11.3 Å². The molecule has 10 aromatic rings. The van der Waals surface area contributed by atoms with Gasteiger partial charge in [0.2, 0.25) is 0 Å². The van der Waals surface area contributed by atoms with Crippen molar-refractivity contribution in [2.75, 3.05) is 4.90 Å². The first-order chi connectivity index (χ1) is 23.3. The number of hydrogen-bond donors (Lipinski definition) is 0. The Hall–Kier alpha value is -5.90. The molecule has 0 radical (unpaired) electrons. The number of fused-ring (bicyclic) bond motifs is 9. The largest absolute Gasteiger partial charge is 0.456 e. The molecule has 0 aliphatic carbocycles. The molecule has 0 saturated carbocycles. The average molecular weight is 618 g/mol. The van der Waals surface area contributed by atoms with E-state index in [2.05, 4.69) is 157 Å². The van der Waals surface area contributed by atoms with E-state index < -0.39 is 0 Å². The molecule has 0 aliphatic rings. The molecule has 2 nitrogen and oxygen atoms in total. The van der Waals surface area contributed by atoms with Crippen LogP contribution in [0.4, 0.5) is 17.1 Å². The highest BCUT2D eigenvalue weighted by molar-refractivity contribution is 7.25. The maximum Gasteiger partial charge on any atom is 0.136 e. The first-order valence-electron chi connectivity index (χ1n) is 15.9. The first kappa shape index (κ1) is 26.3.